The van der Waals surface area contributed by atoms with Crippen molar-refractivity contribution in [2.75, 3.05) is 0 Å². The summed E-state index contributed by atoms with van der Waals surface area (Å²) in [4.78, 5) is 0. The molecule has 1 aliphatic carbocycles. The molecule has 1 unspecified atom stereocenters. The second-order valence-corrected chi connectivity index (χ2v) is 8.11. The average Bonchev–Trinajstić information content (AvgIpc) is 2.44. The Morgan fingerprint density at radius 2 is 1.45 bits per heavy atom. The lowest BCUT2D eigenvalue weighted by atomic mass is 9.50. The molecule has 0 aliphatic heterocycles. The van der Waals surface area contributed by atoms with Crippen LogP contribution in [-0.2, 0) is 0 Å². The molecule has 2 heteroatoms. The molecular weight excluding hydrogens is 268 g/mol. The van der Waals surface area contributed by atoms with Gasteiger partial charge in [-0.3, -0.25) is 0 Å². The molecule has 0 heterocycles. The second-order valence-electron chi connectivity index (χ2n) is 8.11. The summed E-state index contributed by atoms with van der Waals surface area (Å²) in [5, 5.41) is 9.22. The van der Waals surface area contributed by atoms with Crippen molar-refractivity contribution in [1.29, 1.82) is 0 Å². The van der Waals surface area contributed by atoms with E-state index in [0.717, 1.165) is 5.69 Å². The van der Waals surface area contributed by atoms with E-state index in [1.165, 1.54) is 0 Å². The fourth-order valence-electron chi connectivity index (χ4n) is 3.89. The van der Waals surface area contributed by atoms with E-state index in [9.17, 15) is 0 Å². The maximum atomic E-state index is 4.73. The monoisotopic (exact) mass is 296 g/mol. The summed E-state index contributed by atoms with van der Waals surface area (Å²) < 4.78 is 0. The molecule has 0 N–H and O–H groups in total. The maximum Gasteiger partial charge on any atom is 0.0996 e. The van der Waals surface area contributed by atoms with Crippen LogP contribution in [0, 0.1) is 16.2 Å². The normalized spacial score (nSPS) is 21.5. The molecule has 0 radical (unpaired) electrons. The van der Waals surface area contributed by atoms with Crippen LogP contribution in [0.2, 0.25) is 0 Å². The van der Waals surface area contributed by atoms with Crippen LogP contribution in [0.1, 0.15) is 41.5 Å². The van der Waals surface area contributed by atoms with Crippen LogP contribution in [0.5, 0.6) is 0 Å². The van der Waals surface area contributed by atoms with Gasteiger partial charge >= 0.3 is 0 Å². The van der Waals surface area contributed by atoms with E-state index in [1.807, 2.05) is 30.3 Å². The van der Waals surface area contributed by atoms with Crippen molar-refractivity contribution in [3.05, 3.63) is 54.6 Å². The van der Waals surface area contributed by atoms with E-state index >= 15 is 0 Å². The lowest BCUT2D eigenvalue weighted by molar-refractivity contribution is 0.00333. The largest absolute Gasteiger partial charge is 0.180 e. The molecule has 22 heavy (non-hydrogen) atoms. The Morgan fingerprint density at radius 1 is 0.864 bits per heavy atom. The molecule has 0 saturated carbocycles. The Balaban J connectivity index is 2.46. The molecule has 0 bridgehead atoms. The highest BCUT2D eigenvalue weighted by Crippen LogP contribution is 2.57. The topological polar surface area (TPSA) is 24.7 Å². The van der Waals surface area contributed by atoms with Crippen LogP contribution in [-0.4, -0.2) is 6.04 Å². The van der Waals surface area contributed by atoms with Gasteiger partial charge in [-0.2, -0.15) is 10.2 Å². The van der Waals surface area contributed by atoms with Crippen LogP contribution in [0.4, 0.5) is 5.69 Å². The Labute approximate surface area is 135 Å². The van der Waals surface area contributed by atoms with E-state index in [1.54, 1.807) is 0 Å². The third-order valence-corrected chi connectivity index (χ3v) is 4.77. The third-order valence-electron chi connectivity index (χ3n) is 4.77. The molecule has 118 valence electrons. The molecule has 0 aromatic heterocycles. The number of nitrogens with zero attached hydrogens (tertiary/aromatic N) is 2. The van der Waals surface area contributed by atoms with Crippen molar-refractivity contribution in [3.63, 3.8) is 0 Å². The van der Waals surface area contributed by atoms with Crippen LogP contribution in [0.15, 0.2) is 64.9 Å². The molecule has 1 aromatic carbocycles. The summed E-state index contributed by atoms with van der Waals surface area (Å²) in [5.74, 6) is 0. The van der Waals surface area contributed by atoms with Crippen molar-refractivity contribution in [2.45, 2.75) is 47.6 Å². The zero-order valence-electron chi connectivity index (χ0n) is 14.7. The van der Waals surface area contributed by atoms with Gasteiger partial charge in [0.2, 0.25) is 0 Å². The van der Waals surface area contributed by atoms with E-state index in [4.69, 9.17) is 5.11 Å². The van der Waals surface area contributed by atoms with Crippen LogP contribution in [0.25, 0.3) is 0 Å². The van der Waals surface area contributed by atoms with Crippen LogP contribution < -0.4 is 0 Å². The lowest BCUT2D eigenvalue weighted by Gasteiger charge is -2.54. The minimum Gasteiger partial charge on any atom is -0.180 e. The number of rotatable bonds is 2. The first-order valence-corrected chi connectivity index (χ1v) is 8.00. The van der Waals surface area contributed by atoms with E-state index in [2.05, 4.69) is 71.0 Å². The average molecular weight is 296 g/mol. The fraction of sp³-hybridized carbons (Fsp3) is 0.500. The minimum atomic E-state index is -0.0764. The van der Waals surface area contributed by atoms with E-state index < -0.39 is 0 Å². The molecule has 0 amide bonds. The number of hydrogen-bond donors (Lipinski definition) is 0. The van der Waals surface area contributed by atoms with Gasteiger partial charge in [-0.05, 0) is 23.0 Å². The number of benzene rings is 1. The standard InChI is InChI=1S/C20H28N2/c1-18(2,3)20(19(4,5)6)15-11-10-14-17(20)22-21-16-12-8-7-9-13-16/h7-15,17H,1-6H3/b22-21+. The van der Waals surface area contributed by atoms with Gasteiger partial charge in [-0.15, -0.1) is 0 Å². The summed E-state index contributed by atoms with van der Waals surface area (Å²) in [6, 6.07) is 10.00. The molecular formula is C20H28N2. The summed E-state index contributed by atoms with van der Waals surface area (Å²) >= 11 is 0. The fourth-order valence-corrected chi connectivity index (χ4v) is 3.89. The van der Waals surface area contributed by atoms with Crippen molar-refractivity contribution < 1.29 is 0 Å². The van der Waals surface area contributed by atoms with Gasteiger partial charge < -0.3 is 0 Å². The molecule has 0 spiro atoms. The Kier molecular flexibility index (Phi) is 4.42. The Morgan fingerprint density at radius 3 is 2.00 bits per heavy atom. The Hall–Kier alpha value is -1.70. The smallest absolute Gasteiger partial charge is 0.0996 e. The van der Waals surface area contributed by atoms with Gasteiger partial charge in [0.05, 0.1) is 11.7 Å². The number of azo groups is 1. The van der Waals surface area contributed by atoms with Crippen LogP contribution >= 0.6 is 0 Å². The summed E-state index contributed by atoms with van der Waals surface area (Å²) in [5.41, 5.74) is 0.981. The first-order chi connectivity index (χ1) is 10.2. The minimum absolute atomic E-state index is 0.0395. The summed E-state index contributed by atoms with van der Waals surface area (Å²) in [7, 11) is 0. The molecule has 1 atom stereocenters. The molecule has 2 nitrogen and oxygen atoms in total. The molecule has 2 rings (SSSR count). The van der Waals surface area contributed by atoms with Gasteiger partial charge in [0.15, 0.2) is 0 Å². The van der Waals surface area contributed by atoms with Gasteiger partial charge in [0.25, 0.3) is 0 Å². The number of hydrogen-bond acceptors (Lipinski definition) is 2. The molecule has 0 saturated heterocycles. The van der Waals surface area contributed by atoms with E-state index in [-0.39, 0.29) is 22.3 Å². The summed E-state index contributed by atoms with van der Waals surface area (Å²) in [6.07, 6.45) is 8.76. The summed E-state index contributed by atoms with van der Waals surface area (Å²) in [6.45, 7) is 13.8. The third kappa shape index (κ3) is 2.92. The Bertz CT molecular complexity index is 566. The van der Waals surface area contributed by atoms with Crippen molar-refractivity contribution >= 4 is 5.69 Å². The predicted molar refractivity (Wildman–Crippen MR) is 94.4 cm³/mol. The molecule has 1 aliphatic rings. The first kappa shape index (κ1) is 16.7. The van der Waals surface area contributed by atoms with Gasteiger partial charge in [0.1, 0.15) is 0 Å². The van der Waals surface area contributed by atoms with Crippen LogP contribution in [0.3, 0.4) is 0 Å². The predicted octanol–water partition coefficient (Wildman–Crippen LogP) is 6.34. The maximum absolute atomic E-state index is 4.73. The van der Waals surface area contributed by atoms with E-state index in [0.29, 0.717) is 0 Å². The molecule has 1 aromatic rings. The zero-order valence-corrected chi connectivity index (χ0v) is 14.7. The van der Waals surface area contributed by atoms with Gasteiger partial charge in [-0.1, -0.05) is 84.0 Å². The van der Waals surface area contributed by atoms with Crippen molar-refractivity contribution in [2.24, 2.45) is 26.5 Å². The highest BCUT2D eigenvalue weighted by Gasteiger charge is 2.54. The lowest BCUT2D eigenvalue weighted by Crippen LogP contribution is -2.52. The molecule has 0 fully saturated rings. The first-order valence-electron chi connectivity index (χ1n) is 8.00. The second kappa shape index (κ2) is 5.83. The van der Waals surface area contributed by atoms with Gasteiger partial charge in [-0.25, -0.2) is 0 Å². The highest BCUT2D eigenvalue weighted by molar-refractivity contribution is 5.35. The quantitative estimate of drug-likeness (QED) is 0.569. The highest BCUT2D eigenvalue weighted by atomic mass is 15.1. The van der Waals surface area contributed by atoms with Crippen molar-refractivity contribution in [3.8, 4) is 0 Å². The SMILES string of the molecule is CC(C)(C)C1(C(C)(C)C)C=CC=CC1/N=N/c1ccccc1. The zero-order chi connectivity index (χ0) is 16.4. The van der Waals surface area contributed by atoms with Gasteiger partial charge in [0, 0.05) is 5.41 Å². The number of allylic oxidation sites excluding steroid dienone is 2. The van der Waals surface area contributed by atoms with Crippen molar-refractivity contribution in [1.82, 2.24) is 0 Å².